The molecule has 9 heteroatoms. The minimum atomic E-state index is -0.287. The second-order valence-corrected chi connectivity index (χ2v) is 7.20. The molecule has 142 valence electrons. The Hall–Kier alpha value is -2.97. The molecule has 1 aliphatic carbocycles. The summed E-state index contributed by atoms with van der Waals surface area (Å²) < 4.78 is 1.86. The highest BCUT2D eigenvalue weighted by Crippen LogP contribution is 2.36. The summed E-state index contributed by atoms with van der Waals surface area (Å²) in [7, 11) is 0. The summed E-state index contributed by atoms with van der Waals surface area (Å²) >= 11 is 0. The number of hydrogen-bond donors (Lipinski definition) is 2. The second-order valence-electron chi connectivity index (χ2n) is 7.20. The fourth-order valence-corrected chi connectivity index (χ4v) is 3.32. The van der Waals surface area contributed by atoms with Gasteiger partial charge in [0.05, 0.1) is 6.04 Å². The number of urea groups is 1. The average Bonchev–Trinajstić information content (AvgIpc) is 3.24. The zero-order chi connectivity index (χ0) is 18.8. The molecule has 4 rings (SSSR count). The molecule has 9 nitrogen and oxygen atoms in total. The summed E-state index contributed by atoms with van der Waals surface area (Å²) in [6.45, 7) is 3.20. The van der Waals surface area contributed by atoms with Crippen molar-refractivity contribution in [3.8, 4) is 11.4 Å². The van der Waals surface area contributed by atoms with E-state index in [2.05, 4.69) is 26.2 Å². The van der Waals surface area contributed by atoms with Gasteiger partial charge in [-0.25, -0.2) is 9.48 Å². The van der Waals surface area contributed by atoms with Gasteiger partial charge in [0, 0.05) is 36.8 Å². The number of likely N-dealkylation sites (tertiary alicyclic amines) is 1. The Labute approximate surface area is 157 Å². The lowest BCUT2D eigenvalue weighted by Gasteiger charge is -2.21. The molecule has 2 N–H and O–H groups in total. The predicted molar refractivity (Wildman–Crippen MR) is 99.0 cm³/mol. The Balaban J connectivity index is 1.32. The maximum absolute atomic E-state index is 12.2. The monoisotopic (exact) mass is 369 g/mol. The molecule has 1 aromatic heterocycles. The molecular formula is C18H23N7O2. The normalized spacial score (nSPS) is 17.8. The summed E-state index contributed by atoms with van der Waals surface area (Å²) in [6, 6.07) is 7.45. The third kappa shape index (κ3) is 4.07. The van der Waals surface area contributed by atoms with Crippen molar-refractivity contribution in [3.63, 3.8) is 0 Å². The van der Waals surface area contributed by atoms with Crippen LogP contribution in [0.3, 0.4) is 0 Å². The fourth-order valence-electron chi connectivity index (χ4n) is 3.32. The number of hydrogen-bond acceptors (Lipinski definition) is 5. The van der Waals surface area contributed by atoms with Crippen molar-refractivity contribution in [2.75, 3.05) is 18.4 Å². The highest BCUT2D eigenvalue weighted by Gasteiger charge is 2.28. The number of carbonyl (C=O) groups is 2. The predicted octanol–water partition coefficient (Wildman–Crippen LogP) is 1.81. The molecule has 0 unspecified atom stereocenters. The molecule has 1 aromatic carbocycles. The topological polar surface area (TPSA) is 105 Å². The van der Waals surface area contributed by atoms with Crippen molar-refractivity contribution in [2.45, 2.75) is 44.7 Å². The number of amides is 3. The van der Waals surface area contributed by atoms with Crippen LogP contribution >= 0.6 is 0 Å². The third-order valence-corrected chi connectivity index (χ3v) is 4.83. The van der Waals surface area contributed by atoms with E-state index in [1.807, 2.05) is 35.9 Å². The van der Waals surface area contributed by atoms with Crippen LogP contribution in [0.5, 0.6) is 0 Å². The molecule has 0 bridgehead atoms. The van der Waals surface area contributed by atoms with Crippen LogP contribution in [0.2, 0.25) is 0 Å². The Morgan fingerprint density at radius 3 is 2.74 bits per heavy atom. The minimum Gasteiger partial charge on any atom is -0.341 e. The van der Waals surface area contributed by atoms with E-state index in [1.165, 1.54) is 0 Å². The molecule has 3 amide bonds. The molecule has 1 aliphatic heterocycles. The third-order valence-electron chi connectivity index (χ3n) is 4.83. The number of tetrazole rings is 1. The number of aromatic nitrogens is 4. The molecular weight excluding hydrogens is 346 g/mol. The molecule has 1 atom stereocenters. The molecule has 27 heavy (non-hydrogen) atoms. The first-order chi connectivity index (χ1) is 13.1. The van der Waals surface area contributed by atoms with Crippen LogP contribution in [0.4, 0.5) is 10.5 Å². The van der Waals surface area contributed by atoms with Gasteiger partial charge in [-0.2, -0.15) is 0 Å². The lowest BCUT2D eigenvalue weighted by atomic mass is 10.2. The Morgan fingerprint density at radius 2 is 2.07 bits per heavy atom. The van der Waals surface area contributed by atoms with E-state index in [9.17, 15) is 9.59 Å². The summed E-state index contributed by atoms with van der Waals surface area (Å²) in [4.78, 5) is 25.6. The van der Waals surface area contributed by atoms with Crippen LogP contribution in [-0.4, -0.2) is 56.2 Å². The quantitative estimate of drug-likeness (QED) is 0.808. The summed E-state index contributed by atoms with van der Waals surface area (Å²) in [6.07, 6.45) is 3.72. The highest BCUT2D eigenvalue weighted by molar-refractivity contribution is 5.89. The van der Waals surface area contributed by atoms with Gasteiger partial charge in [-0.1, -0.05) is 0 Å². The van der Waals surface area contributed by atoms with Crippen molar-refractivity contribution in [3.05, 3.63) is 24.3 Å². The second kappa shape index (κ2) is 7.34. The molecule has 1 saturated heterocycles. The lowest BCUT2D eigenvalue weighted by molar-refractivity contribution is -0.127. The molecule has 2 heterocycles. The smallest absolute Gasteiger partial charge is 0.319 e. The van der Waals surface area contributed by atoms with E-state index in [0.29, 0.717) is 24.7 Å². The van der Waals surface area contributed by atoms with Gasteiger partial charge in [-0.3, -0.25) is 4.79 Å². The largest absolute Gasteiger partial charge is 0.341 e. The molecule has 0 radical (unpaired) electrons. The summed E-state index contributed by atoms with van der Waals surface area (Å²) in [5.41, 5.74) is 1.60. The van der Waals surface area contributed by atoms with Gasteiger partial charge >= 0.3 is 6.03 Å². The lowest BCUT2D eigenvalue weighted by Crippen LogP contribution is -2.44. The maximum Gasteiger partial charge on any atom is 0.319 e. The standard InChI is InChI=1S/C18H23N7O2/c1-12(11-24-10-2-3-16(24)26)19-18(27)20-14-6-4-13(5-7-14)17-21-22-23-25(17)15-8-9-15/h4-7,12,15H,2-3,8-11H2,1H3,(H2,19,20,27)/t12-/m0/s1. The number of carbonyl (C=O) groups excluding carboxylic acids is 2. The van der Waals surface area contributed by atoms with Crippen LogP contribution < -0.4 is 10.6 Å². The summed E-state index contributed by atoms with van der Waals surface area (Å²) in [5, 5.41) is 17.6. The highest BCUT2D eigenvalue weighted by atomic mass is 16.2. The van der Waals surface area contributed by atoms with Gasteiger partial charge in [0.15, 0.2) is 5.82 Å². The van der Waals surface area contributed by atoms with Gasteiger partial charge in [0.25, 0.3) is 0 Å². The molecule has 2 fully saturated rings. The van der Waals surface area contributed by atoms with Crippen LogP contribution in [0.1, 0.15) is 38.6 Å². The number of nitrogens with zero attached hydrogens (tertiary/aromatic N) is 5. The van der Waals surface area contributed by atoms with E-state index in [0.717, 1.165) is 37.2 Å². The van der Waals surface area contributed by atoms with Crippen LogP contribution in [-0.2, 0) is 4.79 Å². The first-order valence-corrected chi connectivity index (χ1v) is 9.34. The van der Waals surface area contributed by atoms with E-state index in [4.69, 9.17) is 0 Å². The first kappa shape index (κ1) is 17.4. The first-order valence-electron chi connectivity index (χ1n) is 9.34. The number of rotatable bonds is 6. The van der Waals surface area contributed by atoms with E-state index in [-0.39, 0.29) is 18.0 Å². The average molecular weight is 369 g/mol. The molecule has 0 spiro atoms. The van der Waals surface area contributed by atoms with Gasteiger partial charge < -0.3 is 15.5 Å². The van der Waals surface area contributed by atoms with E-state index in [1.54, 1.807) is 4.90 Å². The van der Waals surface area contributed by atoms with E-state index >= 15 is 0 Å². The minimum absolute atomic E-state index is 0.116. The molecule has 2 aromatic rings. The van der Waals surface area contributed by atoms with Gasteiger partial charge in [-0.05, 0) is 60.9 Å². The van der Waals surface area contributed by atoms with Gasteiger partial charge in [-0.15, -0.1) is 5.10 Å². The van der Waals surface area contributed by atoms with Gasteiger partial charge in [0.1, 0.15) is 0 Å². The van der Waals surface area contributed by atoms with Crippen molar-refractivity contribution < 1.29 is 9.59 Å². The van der Waals surface area contributed by atoms with Crippen molar-refractivity contribution in [1.82, 2.24) is 30.4 Å². The van der Waals surface area contributed by atoms with Crippen LogP contribution in [0.15, 0.2) is 24.3 Å². The maximum atomic E-state index is 12.2. The number of anilines is 1. The zero-order valence-corrected chi connectivity index (χ0v) is 15.3. The van der Waals surface area contributed by atoms with Crippen molar-refractivity contribution >= 4 is 17.6 Å². The van der Waals surface area contributed by atoms with Crippen molar-refractivity contribution in [2.24, 2.45) is 0 Å². The van der Waals surface area contributed by atoms with Crippen molar-refractivity contribution in [1.29, 1.82) is 0 Å². The summed E-state index contributed by atoms with van der Waals surface area (Å²) in [5.74, 6) is 0.908. The Bertz CT molecular complexity index is 828. The fraction of sp³-hybridized carbons (Fsp3) is 0.500. The molecule has 1 saturated carbocycles. The van der Waals surface area contributed by atoms with E-state index < -0.39 is 0 Å². The van der Waals surface area contributed by atoms with Gasteiger partial charge in [0.2, 0.25) is 5.91 Å². The number of nitrogens with one attached hydrogen (secondary N) is 2. The zero-order valence-electron chi connectivity index (χ0n) is 15.3. The Morgan fingerprint density at radius 1 is 1.30 bits per heavy atom. The Kier molecular flexibility index (Phi) is 4.74. The number of benzene rings is 1. The SMILES string of the molecule is C[C@@H](CN1CCCC1=O)NC(=O)Nc1ccc(-c2nnnn2C2CC2)cc1. The van der Waals surface area contributed by atoms with Crippen LogP contribution in [0, 0.1) is 0 Å². The van der Waals surface area contributed by atoms with Crippen LogP contribution in [0.25, 0.3) is 11.4 Å². The molecule has 2 aliphatic rings.